The lowest BCUT2D eigenvalue weighted by atomic mass is 10.1. The zero-order valence-corrected chi connectivity index (χ0v) is 8.23. The van der Waals surface area contributed by atoms with Crippen LogP contribution in [0.25, 0.3) is 0 Å². The van der Waals surface area contributed by atoms with Crippen molar-refractivity contribution in [1.29, 1.82) is 0 Å². The highest BCUT2D eigenvalue weighted by atomic mass is 19.4. The van der Waals surface area contributed by atoms with Crippen molar-refractivity contribution in [3.63, 3.8) is 0 Å². The van der Waals surface area contributed by atoms with E-state index >= 15 is 0 Å². The minimum absolute atomic E-state index is 0.819. The topological polar surface area (TPSA) is 26.3 Å². The molecule has 0 aliphatic heterocycles. The van der Waals surface area contributed by atoms with E-state index in [4.69, 9.17) is 0 Å². The molecule has 0 aromatic heterocycles. The zero-order valence-electron chi connectivity index (χ0n) is 8.23. The van der Waals surface area contributed by atoms with Gasteiger partial charge in [-0.3, -0.25) is 4.79 Å². The highest BCUT2D eigenvalue weighted by Crippen LogP contribution is 2.19. The molecule has 80 valence electrons. The van der Waals surface area contributed by atoms with Crippen LogP contribution in [-0.4, -0.2) is 25.7 Å². The molecule has 0 N–H and O–H groups in total. The fraction of sp³-hybridized carbons (Fsp3) is 0.875. The Morgan fingerprint density at radius 2 is 1.69 bits per heavy atom. The first-order chi connectivity index (χ1) is 5.77. The zero-order chi connectivity index (χ0) is 11.1. The molecule has 0 amide bonds. The van der Waals surface area contributed by atoms with E-state index in [1.165, 1.54) is 13.8 Å². The number of ketones is 1. The average molecular weight is 200 g/mol. The predicted molar refractivity (Wildman–Crippen MR) is 43.5 cm³/mol. The first kappa shape index (κ1) is 14.9. The molecule has 13 heavy (non-hydrogen) atoms. The number of methoxy groups -OCH3 is 1. The van der Waals surface area contributed by atoms with E-state index in [1.54, 1.807) is 7.11 Å². The van der Waals surface area contributed by atoms with Crippen molar-refractivity contribution in [3.8, 4) is 0 Å². The summed E-state index contributed by atoms with van der Waals surface area (Å²) in [6, 6.07) is 0. The molecule has 0 fully saturated rings. The number of Topliss-reactive ketones (excluding diaryl/α,β-unsaturated/α-hetero) is 1. The second-order valence-corrected chi connectivity index (χ2v) is 2.59. The number of ether oxygens (including phenoxy) is 1. The molecule has 0 aromatic carbocycles. The smallest absolute Gasteiger partial charge is 0.385 e. The van der Waals surface area contributed by atoms with Gasteiger partial charge < -0.3 is 4.74 Å². The fourth-order valence-electron chi connectivity index (χ4n) is 0.327. The maximum Gasteiger partial charge on any atom is 0.450 e. The predicted octanol–water partition coefficient (Wildman–Crippen LogP) is 2.43. The van der Waals surface area contributed by atoms with Gasteiger partial charge in [0.2, 0.25) is 5.78 Å². The monoisotopic (exact) mass is 200 g/mol. The molecule has 0 atom stereocenters. The molecule has 0 aromatic rings. The van der Waals surface area contributed by atoms with Crippen LogP contribution in [0.15, 0.2) is 0 Å². The second kappa shape index (κ2) is 6.88. The van der Waals surface area contributed by atoms with Crippen LogP contribution >= 0.6 is 0 Å². The van der Waals surface area contributed by atoms with Crippen molar-refractivity contribution < 1.29 is 22.7 Å². The van der Waals surface area contributed by atoms with Crippen LogP contribution in [-0.2, 0) is 9.53 Å². The Morgan fingerprint density at radius 3 is 1.69 bits per heavy atom. The highest BCUT2D eigenvalue weighted by Gasteiger charge is 2.39. The lowest BCUT2D eigenvalue weighted by Crippen LogP contribution is -2.27. The van der Waals surface area contributed by atoms with Gasteiger partial charge >= 0.3 is 6.18 Å². The van der Waals surface area contributed by atoms with Gasteiger partial charge in [0.15, 0.2) is 0 Å². The van der Waals surface area contributed by atoms with Crippen LogP contribution in [0.3, 0.4) is 0 Å². The van der Waals surface area contributed by atoms with Crippen LogP contribution in [0, 0.1) is 5.92 Å². The maximum atomic E-state index is 11.4. The van der Waals surface area contributed by atoms with Crippen LogP contribution in [0.2, 0.25) is 0 Å². The van der Waals surface area contributed by atoms with Crippen molar-refractivity contribution in [3.05, 3.63) is 0 Å². The van der Waals surface area contributed by atoms with Gasteiger partial charge in [0.1, 0.15) is 0 Å². The Kier molecular flexibility index (Phi) is 7.90. The minimum Gasteiger partial charge on any atom is -0.385 e. The summed E-state index contributed by atoms with van der Waals surface area (Å²) in [5, 5.41) is 0. The Balaban J connectivity index is 0. The maximum absolute atomic E-state index is 11.4. The minimum atomic E-state index is -4.66. The van der Waals surface area contributed by atoms with Crippen LogP contribution in [0.1, 0.15) is 20.8 Å². The molecule has 0 aliphatic rings. The van der Waals surface area contributed by atoms with E-state index in [0.717, 1.165) is 6.61 Å². The summed E-state index contributed by atoms with van der Waals surface area (Å²) in [5.74, 6) is -2.62. The van der Waals surface area contributed by atoms with Crippen molar-refractivity contribution in [1.82, 2.24) is 0 Å². The van der Waals surface area contributed by atoms with Crippen molar-refractivity contribution >= 4 is 5.78 Å². The van der Waals surface area contributed by atoms with Gasteiger partial charge in [0, 0.05) is 19.6 Å². The van der Waals surface area contributed by atoms with Gasteiger partial charge in [0.25, 0.3) is 0 Å². The molecular formula is C8H15F3O2. The first-order valence-corrected chi connectivity index (χ1v) is 3.87. The van der Waals surface area contributed by atoms with Crippen LogP contribution in [0.5, 0.6) is 0 Å². The summed E-state index contributed by atoms with van der Waals surface area (Å²) in [4.78, 5) is 10.0. The summed E-state index contributed by atoms with van der Waals surface area (Å²) in [5.41, 5.74) is 0. The van der Waals surface area contributed by atoms with Crippen molar-refractivity contribution in [2.45, 2.75) is 26.9 Å². The number of alkyl halides is 3. The highest BCUT2D eigenvalue weighted by molar-refractivity contribution is 5.85. The molecule has 0 bridgehead atoms. The Bertz CT molecular complexity index is 139. The third kappa shape index (κ3) is 9.33. The number of hydrogen-bond acceptors (Lipinski definition) is 2. The van der Waals surface area contributed by atoms with E-state index in [-0.39, 0.29) is 0 Å². The van der Waals surface area contributed by atoms with Gasteiger partial charge in [-0.1, -0.05) is 13.8 Å². The number of carbonyl (C=O) groups is 1. The molecule has 0 saturated heterocycles. The molecule has 0 spiro atoms. The van der Waals surface area contributed by atoms with E-state index < -0.39 is 17.9 Å². The largest absolute Gasteiger partial charge is 0.450 e. The summed E-state index contributed by atoms with van der Waals surface area (Å²) in [6.07, 6.45) is -4.66. The molecular weight excluding hydrogens is 185 g/mol. The van der Waals surface area contributed by atoms with E-state index in [0.29, 0.717) is 0 Å². The number of rotatable bonds is 2. The Hall–Kier alpha value is -0.580. The summed E-state index contributed by atoms with van der Waals surface area (Å²) < 4.78 is 38.6. The number of carbonyl (C=O) groups excluding carboxylic acids is 1. The SMILES string of the molecule is CC(C)C(=O)C(F)(F)F.CCOC. The Morgan fingerprint density at radius 1 is 1.38 bits per heavy atom. The van der Waals surface area contributed by atoms with Crippen molar-refractivity contribution in [2.75, 3.05) is 13.7 Å². The first-order valence-electron chi connectivity index (χ1n) is 3.87. The average Bonchev–Trinajstić information content (AvgIpc) is 2.02. The standard InChI is InChI=1S/C5H7F3O.C3H8O/c1-3(2)4(9)5(6,7)8;1-3-4-2/h3H,1-2H3;3H2,1-2H3. The number of hydrogen-bond donors (Lipinski definition) is 0. The van der Waals surface area contributed by atoms with Crippen molar-refractivity contribution in [2.24, 2.45) is 5.92 Å². The molecule has 0 radical (unpaired) electrons. The lowest BCUT2D eigenvalue weighted by Gasteiger charge is -2.06. The summed E-state index contributed by atoms with van der Waals surface area (Å²) >= 11 is 0. The third-order valence-electron chi connectivity index (χ3n) is 1.09. The van der Waals surface area contributed by atoms with Gasteiger partial charge in [-0.05, 0) is 6.92 Å². The molecule has 2 nitrogen and oxygen atoms in total. The Labute approximate surface area is 76.1 Å². The molecule has 0 aliphatic carbocycles. The van der Waals surface area contributed by atoms with E-state index in [1.807, 2.05) is 6.92 Å². The molecule has 0 saturated carbocycles. The summed E-state index contributed by atoms with van der Waals surface area (Å²) in [6.45, 7) is 5.21. The third-order valence-corrected chi connectivity index (χ3v) is 1.09. The van der Waals surface area contributed by atoms with Gasteiger partial charge in [-0.2, -0.15) is 13.2 Å². The van der Waals surface area contributed by atoms with Gasteiger partial charge in [0.05, 0.1) is 0 Å². The molecule has 0 rings (SSSR count). The normalized spacial score (nSPS) is 10.8. The molecule has 5 heteroatoms. The fourth-order valence-corrected chi connectivity index (χ4v) is 0.327. The van der Waals surface area contributed by atoms with Crippen LogP contribution in [0.4, 0.5) is 13.2 Å². The molecule has 0 heterocycles. The van der Waals surface area contributed by atoms with Crippen LogP contribution < -0.4 is 0 Å². The second-order valence-electron chi connectivity index (χ2n) is 2.59. The summed E-state index contributed by atoms with van der Waals surface area (Å²) in [7, 11) is 1.68. The van der Waals surface area contributed by atoms with Gasteiger partial charge in [-0.15, -0.1) is 0 Å². The molecule has 0 unspecified atom stereocenters. The lowest BCUT2D eigenvalue weighted by molar-refractivity contribution is -0.174. The number of halogens is 3. The van der Waals surface area contributed by atoms with Gasteiger partial charge in [-0.25, -0.2) is 0 Å². The quantitative estimate of drug-likeness (QED) is 0.684. The van der Waals surface area contributed by atoms with E-state index in [2.05, 4.69) is 4.74 Å². The van der Waals surface area contributed by atoms with E-state index in [9.17, 15) is 18.0 Å².